The Kier molecular flexibility index (Phi) is 5.79. The largest absolute Gasteiger partial charge is 0.484 e. The first-order valence-corrected chi connectivity index (χ1v) is 9.89. The van der Waals surface area contributed by atoms with Crippen molar-refractivity contribution in [2.75, 3.05) is 26.2 Å². The van der Waals surface area contributed by atoms with Crippen LogP contribution < -0.4 is 10.1 Å². The van der Waals surface area contributed by atoms with Crippen LogP contribution in [0.2, 0.25) is 0 Å². The van der Waals surface area contributed by atoms with Crippen LogP contribution in [0, 0.1) is 5.92 Å². The van der Waals surface area contributed by atoms with Crippen LogP contribution in [-0.4, -0.2) is 43.0 Å². The molecule has 1 fully saturated rings. The monoisotopic (exact) mass is 392 g/mol. The van der Waals surface area contributed by atoms with E-state index in [1.165, 1.54) is 12.5 Å². The molecule has 0 unspecified atom stereocenters. The summed E-state index contributed by atoms with van der Waals surface area (Å²) < 4.78 is 10.6. The normalized spacial score (nSPS) is 14.7. The minimum atomic E-state index is -0.130. The average Bonchev–Trinajstić information content (AvgIpc) is 3.31. The Labute approximate surface area is 169 Å². The number of amides is 2. The van der Waals surface area contributed by atoms with E-state index in [9.17, 15) is 9.59 Å². The van der Waals surface area contributed by atoms with Crippen molar-refractivity contribution >= 4 is 22.6 Å². The lowest BCUT2D eigenvalue weighted by Crippen LogP contribution is -2.42. The Bertz CT molecular complexity index is 975. The van der Waals surface area contributed by atoms with E-state index < -0.39 is 0 Å². The molecule has 2 amide bonds. The summed E-state index contributed by atoms with van der Waals surface area (Å²) in [6.07, 6.45) is 4.73. The Balaban J connectivity index is 1.18. The Morgan fingerprint density at radius 3 is 2.62 bits per heavy atom. The Morgan fingerprint density at radius 1 is 1.07 bits per heavy atom. The molecule has 0 atom stereocenters. The molecule has 29 heavy (non-hydrogen) atoms. The first kappa shape index (κ1) is 19.1. The summed E-state index contributed by atoms with van der Waals surface area (Å²) in [4.78, 5) is 26.3. The molecule has 0 radical (unpaired) electrons. The number of nitrogens with one attached hydrogen (secondary N) is 1. The molecule has 6 nitrogen and oxygen atoms in total. The van der Waals surface area contributed by atoms with Crippen LogP contribution in [-0.2, 0) is 4.79 Å². The van der Waals surface area contributed by atoms with Crippen molar-refractivity contribution in [2.45, 2.75) is 12.8 Å². The van der Waals surface area contributed by atoms with Crippen molar-refractivity contribution < 1.29 is 18.7 Å². The minimum Gasteiger partial charge on any atom is -0.484 e. The van der Waals surface area contributed by atoms with Crippen molar-refractivity contribution in [3.8, 4) is 5.75 Å². The molecular formula is C23H24N2O4. The lowest BCUT2D eigenvalue weighted by atomic mass is 9.96. The first-order chi connectivity index (χ1) is 14.2. The van der Waals surface area contributed by atoms with Gasteiger partial charge in [0.15, 0.2) is 6.61 Å². The number of carbonyl (C=O) groups excluding carboxylic acids is 2. The van der Waals surface area contributed by atoms with E-state index in [-0.39, 0.29) is 18.4 Å². The number of rotatable bonds is 6. The van der Waals surface area contributed by atoms with E-state index in [1.807, 2.05) is 47.4 Å². The number of ether oxygens (including phenoxy) is 1. The van der Waals surface area contributed by atoms with E-state index in [4.69, 9.17) is 9.15 Å². The lowest BCUT2D eigenvalue weighted by molar-refractivity contribution is -0.123. The van der Waals surface area contributed by atoms with E-state index in [2.05, 4.69) is 5.32 Å². The molecule has 0 bridgehead atoms. The molecule has 1 aromatic heterocycles. The first-order valence-electron chi connectivity index (χ1n) is 9.89. The third kappa shape index (κ3) is 4.77. The van der Waals surface area contributed by atoms with Gasteiger partial charge in [0.05, 0.1) is 11.8 Å². The maximum atomic E-state index is 12.3. The summed E-state index contributed by atoms with van der Waals surface area (Å²) in [5.74, 6) is 0.929. The molecule has 0 spiro atoms. The molecule has 0 aliphatic carbocycles. The molecule has 1 aliphatic heterocycles. The van der Waals surface area contributed by atoms with Crippen molar-refractivity contribution in [1.29, 1.82) is 0 Å². The third-order valence-electron chi connectivity index (χ3n) is 5.35. The highest BCUT2D eigenvalue weighted by atomic mass is 16.5. The van der Waals surface area contributed by atoms with E-state index in [1.54, 1.807) is 6.07 Å². The summed E-state index contributed by atoms with van der Waals surface area (Å²) in [5.41, 5.74) is 0.586. The number of benzene rings is 2. The molecule has 2 aromatic carbocycles. The zero-order valence-corrected chi connectivity index (χ0v) is 16.2. The van der Waals surface area contributed by atoms with E-state index >= 15 is 0 Å². The van der Waals surface area contributed by atoms with E-state index in [0.717, 1.165) is 23.6 Å². The summed E-state index contributed by atoms with van der Waals surface area (Å²) >= 11 is 0. The summed E-state index contributed by atoms with van der Waals surface area (Å²) in [7, 11) is 0. The molecule has 150 valence electrons. The van der Waals surface area contributed by atoms with Gasteiger partial charge in [0.25, 0.3) is 11.8 Å². The van der Waals surface area contributed by atoms with Crippen LogP contribution in [0.4, 0.5) is 0 Å². The van der Waals surface area contributed by atoms with Gasteiger partial charge in [-0.3, -0.25) is 9.59 Å². The Morgan fingerprint density at radius 2 is 1.86 bits per heavy atom. The quantitative estimate of drug-likeness (QED) is 0.697. The van der Waals surface area contributed by atoms with Gasteiger partial charge < -0.3 is 19.4 Å². The van der Waals surface area contributed by atoms with Gasteiger partial charge >= 0.3 is 0 Å². The standard InChI is InChI=1S/C23H24N2O4/c26-22(16-29-21-6-5-18-3-1-2-4-19(18)13-21)24-14-17-7-10-25(11-8-17)23(27)20-9-12-28-15-20/h1-6,9,12-13,15,17H,7-8,10-11,14,16H2,(H,24,26). The molecule has 1 aliphatic rings. The van der Waals surface area contributed by atoms with Crippen LogP contribution in [0.25, 0.3) is 10.8 Å². The fourth-order valence-corrected chi connectivity index (χ4v) is 3.62. The Hall–Kier alpha value is -3.28. The van der Waals surface area contributed by atoms with Crippen LogP contribution >= 0.6 is 0 Å². The van der Waals surface area contributed by atoms with E-state index in [0.29, 0.717) is 36.9 Å². The number of nitrogens with zero attached hydrogens (tertiary/aromatic N) is 1. The van der Waals surface area contributed by atoms with Gasteiger partial charge in [0, 0.05) is 19.6 Å². The maximum absolute atomic E-state index is 12.3. The van der Waals surface area contributed by atoms with Gasteiger partial charge in [0.2, 0.25) is 0 Å². The van der Waals surface area contributed by atoms with Crippen LogP contribution in [0.5, 0.6) is 5.75 Å². The second kappa shape index (κ2) is 8.82. The molecular weight excluding hydrogens is 368 g/mol. The summed E-state index contributed by atoms with van der Waals surface area (Å²) in [6.45, 7) is 1.99. The fraction of sp³-hybridized carbons (Fsp3) is 0.304. The predicted octanol–water partition coefficient (Wildman–Crippen LogP) is 3.48. The van der Waals surface area contributed by atoms with Crippen molar-refractivity contribution in [3.63, 3.8) is 0 Å². The van der Waals surface area contributed by atoms with Gasteiger partial charge in [-0.15, -0.1) is 0 Å². The molecule has 2 heterocycles. The number of hydrogen-bond donors (Lipinski definition) is 1. The minimum absolute atomic E-state index is 0.00381. The second-order valence-electron chi connectivity index (χ2n) is 7.35. The SMILES string of the molecule is O=C(COc1ccc2ccccc2c1)NCC1CCN(C(=O)c2ccoc2)CC1. The van der Waals surface area contributed by atoms with Gasteiger partial charge in [-0.2, -0.15) is 0 Å². The summed E-state index contributed by atoms with van der Waals surface area (Å²) in [5, 5.41) is 5.17. The molecule has 1 saturated heterocycles. The third-order valence-corrected chi connectivity index (χ3v) is 5.35. The second-order valence-corrected chi connectivity index (χ2v) is 7.35. The number of furan rings is 1. The summed E-state index contributed by atoms with van der Waals surface area (Å²) in [6, 6.07) is 15.5. The highest BCUT2D eigenvalue weighted by Crippen LogP contribution is 2.21. The zero-order valence-electron chi connectivity index (χ0n) is 16.2. The molecule has 3 aromatic rings. The average molecular weight is 392 g/mol. The van der Waals surface area contributed by atoms with Crippen molar-refractivity contribution in [1.82, 2.24) is 10.2 Å². The molecule has 0 saturated carbocycles. The van der Waals surface area contributed by atoms with Crippen LogP contribution in [0.15, 0.2) is 65.5 Å². The van der Waals surface area contributed by atoms with Gasteiger partial charge in [-0.25, -0.2) is 0 Å². The highest BCUT2D eigenvalue weighted by molar-refractivity contribution is 5.93. The number of hydrogen-bond acceptors (Lipinski definition) is 4. The van der Waals surface area contributed by atoms with Gasteiger partial charge in [-0.05, 0) is 47.7 Å². The number of likely N-dealkylation sites (tertiary alicyclic amines) is 1. The van der Waals surface area contributed by atoms with Crippen LogP contribution in [0.3, 0.4) is 0 Å². The molecule has 4 rings (SSSR count). The smallest absolute Gasteiger partial charge is 0.257 e. The topological polar surface area (TPSA) is 71.8 Å². The van der Waals surface area contributed by atoms with Crippen molar-refractivity contribution in [2.24, 2.45) is 5.92 Å². The van der Waals surface area contributed by atoms with Gasteiger partial charge in [0.1, 0.15) is 12.0 Å². The number of piperidine rings is 1. The molecule has 1 N–H and O–H groups in total. The van der Waals surface area contributed by atoms with Crippen molar-refractivity contribution in [3.05, 3.63) is 66.6 Å². The lowest BCUT2D eigenvalue weighted by Gasteiger charge is -2.31. The predicted molar refractivity (Wildman–Crippen MR) is 110 cm³/mol. The highest BCUT2D eigenvalue weighted by Gasteiger charge is 2.24. The maximum Gasteiger partial charge on any atom is 0.257 e. The fourth-order valence-electron chi connectivity index (χ4n) is 3.62. The number of fused-ring (bicyclic) bond motifs is 1. The molecule has 6 heteroatoms. The van der Waals surface area contributed by atoms with Crippen LogP contribution in [0.1, 0.15) is 23.2 Å². The zero-order chi connectivity index (χ0) is 20.1. The number of carbonyl (C=O) groups is 2. The van der Waals surface area contributed by atoms with Gasteiger partial charge in [-0.1, -0.05) is 30.3 Å².